The van der Waals surface area contributed by atoms with Gasteiger partial charge in [-0.25, -0.2) is 4.79 Å². The minimum Gasteiger partial charge on any atom is -0.387 e. The van der Waals surface area contributed by atoms with Crippen LogP contribution in [-0.2, 0) is 9.47 Å². The number of rotatable bonds is 1. The van der Waals surface area contributed by atoms with E-state index in [0.29, 0.717) is 0 Å². The molecule has 0 aliphatic carbocycles. The van der Waals surface area contributed by atoms with Gasteiger partial charge in [0.1, 0.15) is 18.3 Å². The van der Waals surface area contributed by atoms with Crippen LogP contribution in [-0.4, -0.2) is 39.6 Å². The first-order chi connectivity index (χ1) is 8.08. The number of ether oxygens (including phenoxy) is 2. The normalized spacial score (nSPS) is 35.4. The second-order valence-electron chi connectivity index (χ2n) is 4.00. The van der Waals surface area contributed by atoms with E-state index >= 15 is 0 Å². The summed E-state index contributed by atoms with van der Waals surface area (Å²) in [6, 6.07) is 0. The van der Waals surface area contributed by atoms with Crippen LogP contribution in [0.25, 0.3) is 0 Å². The second kappa shape index (κ2) is 3.49. The highest BCUT2D eigenvalue weighted by Gasteiger charge is 2.51. The molecule has 0 radical (unpaired) electrons. The van der Waals surface area contributed by atoms with Crippen molar-refractivity contribution in [2.75, 3.05) is 6.61 Å². The van der Waals surface area contributed by atoms with Crippen molar-refractivity contribution in [3.8, 4) is 0 Å². The van der Waals surface area contributed by atoms with Crippen molar-refractivity contribution < 1.29 is 19.0 Å². The van der Waals surface area contributed by atoms with E-state index in [-0.39, 0.29) is 6.61 Å². The zero-order chi connectivity index (χ0) is 12.2. The molecule has 0 spiro atoms. The predicted octanol–water partition coefficient (Wildman–Crippen LogP) is -1.67. The van der Waals surface area contributed by atoms with Gasteiger partial charge in [0, 0.05) is 0 Å². The lowest BCUT2D eigenvalue weighted by Crippen LogP contribution is -2.39. The SMILES string of the molecule is O=c1[nH]c(=O)n([C@@H]2O[C@H]3CO[C@H]2[C@@H]3O)cc1F. The number of hydrogen-bond donors (Lipinski definition) is 2. The van der Waals surface area contributed by atoms with Crippen LogP contribution < -0.4 is 11.2 Å². The van der Waals surface area contributed by atoms with E-state index in [4.69, 9.17) is 9.47 Å². The summed E-state index contributed by atoms with van der Waals surface area (Å²) in [7, 11) is 0. The zero-order valence-electron chi connectivity index (χ0n) is 8.50. The fourth-order valence-electron chi connectivity index (χ4n) is 2.12. The number of H-pyrrole nitrogens is 1. The Kier molecular flexibility index (Phi) is 2.18. The molecule has 3 rings (SSSR count). The van der Waals surface area contributed by atoms with Crippen molar-refractivity contribution in [2.45, 2.75) is 24.5 Å². The summed E-state index contributed by atoms with van der Waals surface area (Å²) in [5.41, 5.74) is -1.89. The Hall–Kier alpha value is -1.51. The summed E-state index contributed by atoms with van der Waals surface area (Å²) in [4.78, 5) is 24.2. The molecule has 4 atom stereocenters. The molecular formula is C9H9FN2O5. The third-order valence-electron chi connectivity index (χ3n) is 2.96. The van der Waals surface area contributed by atoms with Gasteiger partial charge in [0.2, 0.25) is 5.82 Å². The molecule has 0 unspecified atom stereocenters. The maximum Gasteiger partial charge on any atom is 0.330 e. The number of nitrogens with zero attached hydrogens (tertiary/aromatic N) is 1. The Morgan fingerprint density at radius 3 is 2.88 bits per heavy atom. The molecule has 3 heterocycles. The van der Waals surface area contributed by atoms with Crippen LogP contribution in [0.2, 0.25) is 0 Å². The Labute approximate surface area is 93.4 Å². The third-order valence-corrected chi connectivity index (χ3v) is 2.96. The molecule has 17 heavy (non-hydrogen) atoms. The van der Waals surface area contributed by atoms with E-state index in [1.807, 2.05) is 4.98 Å². The number of aromatic amines is 1. The number of aliphatic hydroxyl groups excluding tert-OH is 1. The highest BCUT2D eigenvalue weighted by molar-refractivity contribution is 4.98. The number of nitrogens with one attached hydrogen (secondary N) is 1. The van der Waals surface area contributed by atoms with Gasteiger partial charge in [-0.3, -0.25) is 14.3 Å². The molecule has 7 nitrogen and oxygen atoms in total. The standard InChI is InChI=1S/C9H9FN2O5/c10-3-1-12(9(15)11-7(3)14)8-6-5(13)4(17-8)2-16-6/h1,4-6,8,13H,2H2,(H,11,14,15)/t4-,5+,6-,8+/m0/s1. The molecule has 2 fully saturated rings. The molecule has 2 saturated heterocycles. The number of hydrogen-bond acceptors (Lipinski definition) is 5. The van der Waals surface area contributed by atoms with E-state index in [9.17, 15) is 19.1 Å². The quantitative estimate of drug-likeness (QED) is 0.616. The molecule has 0 aromatic carbocycles. The number of aliphatic hydroxyl groups is 1. The molecule has 2 N–H and O–H groups in total. The second-order valence-corrected chi connectivity index (χ2v) is 4.00. The van der Waals surface area contributed by atoms with Crippen LogP contribution in [0, 0.1) is 5.82 Å². The zero-order valence-corrected chi connectivity index (χ0v) is 8.50. The molecule has 2 bridgehead atoms. The van der Waals surface area contributed by atoms with E-state index in [0.717, 1.165) is 10.8 Å². The van der Waals surface area contributed by atoms with E-state index in [1.54, 1.807) is 0 Å². The molecule has 2 aliphatic rings. The van der Waals surface area contributed by atoms with Crippen LogP contribution in [0.15, 0.2) is 15.8 Å². The molecule has 0 saturated carbocycles. The van der Waals surface area contributed by atoms with Gasteiger partial charge in [-0.1, -0.05) is 0 Å². The van der Waals surface area contributed by atoms with Gasteiger partial charge in [-0.15, -0.1) is 0 Å². The summed E-state index contributed by atoms with van der Waals surface area (Å²) in [5.74, 6) is -1.09. The maximum atomic E-state index is 13.1. The van der Waals surface area contributed by atoms with Gasteiger partial charge < -0.3 is 14.6 Å². The first-order valence-corrected chi connectivity index (χ1v) is 5.04. The van der Waals surface area contributed by atoms with Gasteiger partial charge in [0.25, 0.3) is 5.56 Å². The highest BCUT2D eigenvalue weighted by atomic mass is 19.1. The molecule has 1 aromatic rings. The molecule has 2 aliphatic heterocycles. The maximum absolute atomic E-state index is 13.1. The Balaban J connectivity index is 2.04. The Morgan fingerprint density at radius 2 is 2.29 bits per heavy atom. The van der Waals surface area contributed by atoms with Crippen LogP contribution >= 0.6 is 0 Å². The van der Waals surface area contributed by atoms with Crippen molar-refractivity contribution in [1.29, 1.82) is 0 Å². The molecule has 1 aromatic heterocycles. The Morgan fingerprint density at radius 1 is 1.53 bits per heavy atom. The van der Waals surface area contributed by atoms with E-state index < -0.39 is 41.6 Å². The van der Waals surface area contributed by atoms with E-state index in [2.05, 4.69) is 0 Å². The average Bonchev–Trinajstić information content (AvgIpc) is 2.79. The Bertz CT molecular complexity index is 567. The smallest absolute Gasteiger partial charge is 0.330 e. The fraction of sp³-hybridized carbons (Fsp3) is 0.556. The van der Waals surface area contributed by atoms with Crippen LogP contribution in [0.5, 0.6) is 0 Å². The monoisotopic (exact) mass is 244 g/mol. The van der Waals surface area contributed by atoms with Gasteiger partial charge in [0.15, 0.2) is 6.23 Å². The topological polar surface area (TPSA) is 93.6 Å². The summed E-state index contributed by atoms with van der Waals surface area (Å²) in [6.07, 6.45) is -2.25. The lowest BCUT2D eigenvalue weighted by atomic mass is 10.2. The predicted molar refractivity (Wildman–Crippen MR) is 50.9 cm³/mol. The first kappa shape index (κ1) is 10.6. The lowest BCUT2D eigenvalue weighted by molar-refractivity contribution is -0.128. The van der Waals surface area contributed by atoms with Crippen molar-refractivity contribution in [2.24, 2.45) is 0 Å². The molecule has 0 amide bonds. The minimum atomic E-state index is -1.09. The minimum absolute atomic E-state index is 0.239. The van der Waals surface area contributed by atoms with Crippen LogP contribution in [0.4, 0.5) is 4.39 Å². The summed E-state index contributed by atoms with van der Waals surface area (Å²) in [6.45, 7) is 0.239. The average molecular weight is 244 g/mol. The summed E-state index contributed by atoms with van der Waals surface area (Å²) < 4.78 is 24.5. The van der Waals surface area contributed by atoms with Crippen molar-refractivity contribution >= 4 is 0 Å². The van der Waals surface area contributed by atoms with Crippen molar-refractivity contribution in [3.05, 3.63) is 32.9 Å². The number of fused-ring (bicyclic) bond motifs is 2. The van der Waals surface area contributed by atoms with Gasteiger partial charge in [-0.2, -0.15) is 4.39 Å². The van der Waals surface area contributed by atoms with Gasteiger partial charge in [-0.05, 0) is 0 Å². The molecular weight excluding hydrogens is 235 g/mol. The lowest BCUT2D eigenvalue weighted by Gasteiger charge is -2.23. The van der Waals surface area contributed by atoms with Gasteiger partial charge in [0.05, 0.1) is 12.8 Å². The first-order valence-electron chi connectivity index (χ1n) is 5.04. The number of aromatic nitrogens is 2. The largest absolute Gasteiger partial charge is 0.387 e. The van der Waals surface area contributed by atoms with Crippen LogP contribution in [0.1, 0.15) is 6.23 Å². The summed E-state index contributed by atoms with van der Waals surface area (Å²) >= 11 is 0. The third kappa shape index (κ3) is 1.45. The molecule has 8 heteroatoms. The number of halogens is 1. The highest BCUT2D eigenvalue weighted by Crippen LogP contribution is 2.36. The fourth-order valence-corrected chi connectivity index (χ4v) is 2.12. The summed E-state index contributed by atoms with van der Waals surface area (Å²) in [5, 5.41) is 9.64. The van der Waals surface area contributed by atoms with E-state index in [1.165, 1.54) is 0 Å². The van der Waals surface area contributed by atoms with Crippen LogP contribution in [0.3, 0.4) is 0 Å². The van der Waals surface area contributed by atoms with Gasteiger partial charge >= 0.3 is 5.69 Å². The van der Waals surface area contributed by atoms with Crippen molar-refractivity contribution in [3.63, 3.8) is 0 Å². The molecule has 92 valence electrons. The van der Waals surface area contributed by atoms with Crippen molar-refractivity contribution in [1.82, 2.24) is 9.55 Å².